The van der Waals surface area contributed by atoms with Crippen LogP contribution in [0.15, 0.2) is 36.2 Å². The molecule has 1 heterocycles. The zero-order chi connectivity index (χ0) is 13.7. The summed E-state index contributed by atoms with van der Waals surface area (Å²) >= 11 is 0. The largest absolute Gasteiger partial charge is 0.466 e. The zero-order valence-corrected chi connectivity index (χ0v) is 10.8. The Morgan fingerprint density at radius 2 is 2.11 bits per heavy atom. The highest BCUT2D eigenvalue weighted by molar-refractivity contribution is 5.93. The number of ether oxygens (including phenoxy) is 1. The maximum Gasteiger partial charge on any atom is 0.335 e. The van der Waals surface area contributed by atoms with Crippen molar-refractivity contribution < 1.29 is 9.53 Å². The van der Waals surface area contributed by atoms with Gasteiger partial charge in [0.15, 0.2) is 0 Å². The summed E-state index contributed by atoms with van der Waals surface area (Å²) in [6, 6.07) is 7.85. The molecule has 1 aromatic heterocycles. The lowest BCUT2D eigenvalue weighted by atomic mass is 10.1. The molecular formula is C13H14N4O2. The molecule has 0 unspecified atom stereocenters. The van der Waals surface area contributed by atoms with Crippen LogP contribution in [0.1, 0.15) is 11.1 Å². The van der Waals surface area contributed by atoms with Crippen molar-refractivity contribution in [3.8, 4) is 0 Å². The molecule has 0 aliphatic rings. The van der Waals surface area contributed by atoms with E-state index in [0.717, 1.165) is 11.1 Å². The lowest BCUT2D eigenvalue weighted by Crippen LogP contribution is -2.12. The Morgan fingerprint density at radius 3 is 2.68 bits per heavy atom. The number of aryl methyl sites for hydroxylation is 1. The maximum absolute atomic E-state index is 11.7. The van der Waals surface area contributed by atoms with Gasteiger partial charge in [-0.1, -0.05) is 29.8 Å². The van der Waals surface area contributed by atoms with Gasteiger partial charge in [-0.2, -0.15) is 0 Å². The number of hydrogen-bond donors (Lipinski definition) is 0. The van der Waals surface area contributed by atoms with E-state index in [2.05, 4.69) is 15.5 Å². The third kappa shape index (κ3) is 3.48. The summed E-state index contributed by atoms with van der Waals surface area (Å²) < 4.78 is 6.24. The van der Waals surface area contributed by atoms with E-state index in [-0.39, 0.29) is 6.54 Å². The van der Waals surface area contributed by atoms with E-state index in [9.17, 15) is 4.79 Å². The van der Waals surface area contributed by atoms with Gasteiger partial charge in [0.1, 0.15) is 6.33 Å². The van der Waals surface area contributed by atoms with Crippen molar-refractivity contribution in [3.05, 3.63) is 47.3 Å². The first-order valence-electron chi connectivity index (χ1n) is 5.75. The van der Waals surface area contributed by atoms with Gasteiger partial charge in [0.05, 0.1) is 19.2 Å². The topological polar surface area (TPSA) is 69.9 Å². The van der Waals surface area contributed by atoms with E-state index < -0.39 is 5.97 Å². The minimum atomic E-state index is -0.393. The van der Waals surface area contributed by atoms with Crippen LogP contribution in [0.3, 0.4) is 0 Å². The second-order valence-electron chi connectivity index (χ2n) is 4.08. The maximum atomic E-state index is 11.7. The molecular weight excluding hydrogens is 244 g/mol. The monoisotopic (exact) mass is 258 g/mol. The fourth-order valence-electron chi connectivity index (χ4n) is 1.59. The fraction of sp³-hybridized carbons (Fsp3) is 0.231. The van der Waals surface area contributed by atoms with Gasteiger partial charge in [0, 0.05) is 0 Å². The number of rotatable bonds is 4. The Morgan fingerprint density at radius 1 is 1.37 bits per heavy atom. The number of aromatic nitrogens is 4. The van der Waals surface area contributed by atoms with Crippen LogP contribution in [0.2, 0.25) is 0 Å². The molecule has 0 aliphatic heterocycles. The number of esters is 1. The molecule has 0 saturated carbocycles. The number of carbonyl (C=O) groups excluding carboxylic acids is 1. The molecule has 2 aromatic rings. The molecule has 0 spiro atoms. The summed E-state index contributed by atoms with van der Waals surface area (Å²) in [5.74, 6) is -0.393. The Labute approximate surface area is 110 Å². The molecule has 19 heavy (non-hydrogen) atoms. The lowest BCUT2D eigenvalue weighted by Gasteiger charge is -2.05. The Hall–Kier alpha value is -2.50. The first-order valence-corrected chi connectivity index (χ1v) is 5.75. The first kappa shape index (κ1) is 12.9. The number of carbonyl (C=O) groups is 1. The van der Waals surface area contributed by atoms with Crippen molar-refractivity contribution in [1.29, 1.82) is 0 Å². The van der Waals surface area contributed by atoms with Crippen LogP contribution < -0.4 is 0 Å². The van der Waals surface area contributed by atoms with Crippen LogP contribution >= 0.6 is 0 Å². The van der Waals surface area contributed by atoms with Gasteiger partial charge in [-0.3, -0.25) is 0 Å². The molecule has 0 N–H and O–H groups in total. The van der Waals surface area contributed by atoms with Crippen LogP contribution in [-0.2, 0) is 16.1 Å². The van der Waals surface area contributed by atoms with Gasteiger partial charge < -0.3 is 4.74 Å². The molecule has 0 fully saturated rings. The number of nitrogens with zero attached hydrogens (tertiary/aromatic N) is 4. The lowest BCUT2D eigenvalue weighted by molar-refractivity contribution is -0.136. The van der Waals surface area contributed by atoms with Crippen molar-refractivity contribution in [2.45, 2.75) is 13.5 Å². The Bertz CT molecular complexity index is 573. The normalized spacial score (nSPS) is 11.4. The molecule has 0 bridgehead atoms. The molecule has 98 valence electrons. The molecule has 1 aromatic carbocycles. The highest BCUT2D eigenvalue weighted by Gasteiger charge is 2.11. The molecule has 0 saturated heterocycles. The Balaban J connectivity index is 2.26. The predicted octanol–water partition coefficient (Wildman–Crippen LogP) is 1.24. The SMILES string of the molecule is COC(=O)/C(=C/c1ccc(C)cc1)Cn1cnnn1. The minimum absolute atomic E-state index is 0.271. The number of benzene rings is 1. The van der Waals surface area contributed by atoms with Crippen LogP contribution in [0, 0.1) is 6.92 Å². The number of methoxy groups -OCH3 is 1. The summed E-state index contributed by atoms with van der Waals surface area (Å²) in [7, 11) is 1.35. The molecule has 0 amide bonds. The Kier molecular flexibility index (Phi) is 4.02. The molecule has 0 aliphatic carbocycles. The van der Waals surface area contributed by atoms with Gasteiger partial charge in [-0.25, -0.2) is 9.48 Å². The predicted molar refractivity (Wildman–Crippen MR) is 69.0 cm³/mol. The van der Waals surface area contributed by atoms with Crippen LogP contribution in [-0.4, -0.2) is 33.3 Å². The summed E-state index contributed by atoms with van der Waals surface area (Å²) in [5, 5.41) is 10.8. The molecule has 0 atom stereocenters. The third-order valence-electron chi connectivity index (χ3n) is 2.59. The number of tetrazole rings is 1. The van der Waals surface area contributed by atoms with Crippen molar-refractivity contribution in [3.63, 3.8) is 0 Å². The average molecular weight is 258 g/mol. The zero-order valence-electron chi connectivity index (χ0n) is 10.8. The summed E-state index contributed by atoms with van der Waals surface area (Å²) in [6.45, 7) is 2.28. The van der Waals surface area contributed by atoms with E-state index >= 15 is 0 Å². The fourth-order valence-corrected chi connectivity index (χ4v) is 1.59. The van der Waals surface area contributed by atoms with Gasteiger partial charge in [0.25, 0.3) is 0 Å². The van der Waals surface area contributed by atoms with Crippen LogP contribution in [0.5, 0.6) is 0 Å². The number of hydrogen-bond acceptors (Lipinski definition) is 5. The van der Waals surface area contributed by atoms with Gasteiger partial charge in [-0.15, -0.1) is 5.10 Å². The van der Waals surface area contributed by atoms with E-state index in [0.29, 0.717) is 5.57 Å². The minimum Gasteiger partial charge on any atom is -0.466 e. The van der Waals surface area contributed by atoms with Gasteiger partial charge in [0.2, 0.25) is 0 Å². The molecule has 2 rings (SSSR count). The van der Waals surface area contributed by atoms with E-state index in [1.54, 1.807) is 6.08 Å². The highest BCUT2D eigenvalue weighted by Crippen LogP contribution is 2.11. The summed E-state index contributed by atoms with van der Waals surface area (Å²) in [4.78, 5) is 11.7. The second-order valence-corrected chi connectivity index (χ2v) is 4.08. The van der Waals surface area contributed by atoms with Gasteiger partial charge in [-0.05, 0) is 29.0 Å². The summed E-state index contributed by atoms with van der Waals surface area (Å²) in [6.07, 6.45) is 3.22. The van der Waals surface area contributed by atoms with E-state index in [1.165, 1.54) is 18.1 Å². The molecule has 6 heteroatoms. The van der Waals surface area contributed by atoms with Gasteiger partial charge >= 0.3 is 5.97 Å². The second kappa shape index (κ2) is 5.90. The van der Waals surface area contributed by atoms with Crippen LogP contribution in [0.25, 0.3) is 6.08 Å². The summed E-state index contributed by atoms with van der Waals surface area (Å²) in [5.41, 5.74) is 2.58. The van der Waals surface area contributed by atoms with Crippen molar-refractivity contribution >= 4 is 12.0 Å². The van der Waals surface area contributed by atoms with Crippen LogP contribution in [0.4, 0.5) is 0 Å². The van der Waals surface area contributed by atoms with Crippen molar-refractivity contribution in [2.75, 3.05) is 7.11 Å². The smallest absolute Gasteiger partial charge is 0.335 e. The molecule has 0 radical (unpaired) electrons. The van der Waals surface area contributed by atoms with Crippen molar-refractivity contribution in [1.82, 2.24) is 20.2 Å². The average Bonchev–Trinajstić information content (AvgIpc) is 2.92. The van der Waals surface area contributed by atoms with E-state index in [1.807, 2.05) is 31.2 Å². The standard InChI is InChI=1S/C13H14N4O2/c1-10-3-5-11(6-4-10)7-12(13(18)19-2)8-17-9-14-15-16-17/h3-7,9H,8H2,1-2H3/b12-7+. The molecule has 6 nitrogen and oxygen atoms in total. The van der Waals surface area contributed by atoms with Crippen molar-refractivity contribution in [2.24, 2.45) is 0 Å². The quantitative estimate of drug-likeness (QED) is 0.609. The third-order valence-corrected chi connectivity index (χ3v) is 2.59. The highest BCUT2D eigenvalue weighted by atomic mass is 16.5. The van der Waals surface area contributed by atoms with E-state index in [4.69, 9.17) is 4.74 Å². The first-order chi connectivity index (χ1) is 9.19.